The average molecular weight is 190 g/mol. The fraction of sp³-hybridized carbons (Fsp3) is 0.429. The minimum Gasteiger partial charge on any atom is -0.133 e. The van der Waals surface area contributed by atoms with E-state index in [1.807, 2.05) is 6.07 Å². The van der Waals surface area contributed by atoms with Crippen LogP contribution in [0.1, 0.15) is 0 Å². The van der Waals surface area contributed by atoms with Gasteiger partial charge in [-0.1, -0.05) is 31.2 Å². The van der Waals surface area contributed by atoms with Crippen molar-refractivity contribution in [3.8, 4) is 0 Å². The fourth-order valence-corrected chi connectivity index (χ4v) is 3.61. The Morgan fingerprint density at radius 1 is 1.50 bits per heavy atom. The second-order valence-electron chi connectivity index (χ2n) is 3.28. The molecule has 0 aromatic carbocycles. The Balaban J connectivity index is 2.96. The molecule has 0 saturated heterocycles. The van der Waals surface area contributed by atoms with Gasteiger partial charge in [-0.2, -0.15) is 0 Å². The molecule has 1 radical (unpaired) electrons. The lowest BCUT2D eigenvalue weighted by Gasteiger charge is -2.11. The van der Waals surface area contributed by atoms with Crippen molar-refractivity contribution in [1.82, 2.24) is 0 Å². The lowest BCUT2D eigenvalue weighted by molar-refractivity contribution is 1.78. The smallest absolute Gasteiger partial charge is 0.101 e. The molecule has 0 aliphatic carbocycles. The molecule has 0 unspecified atom stereocenters. The van der Waals surface area contributed by atoms with Gasteiger partial charge in [0.15, 0.2) is 0 Å². The number of thiophene rings is 1. The quantitative estimate of drug-likeness (QED) is 0.597. The topological polar surface area (TPSA) is 0 Å². The van der Waals surface area contributed by atoms with Gasteiger partial charge in [0.2, 0.25) is 0 Å². The van der Waals surface area contributed by atoms with Crippen LogP contribution in [0.2, 0.25) is 24.0 Å². The van der Waals surface area contributed by atoms with Crippen LogP contribution in [0.5, 0.6) is 0 Å². The zero-order chi connectivity index (χ0) is 7.78. The van der Waals surface area contributed by atoms with Crippen LogP contribution in [-0.2, 0) is 0 Å². The molecule has 0 atom stereocenters. The molecule has 1 heterocycles. The van der Waals surface area contributed by atoms with E-state index in [1.165, 1.54) is 4.50 Å². The van der Waals surface area contributed by atoms with Gasteiger partial charge < -0.3 is 0 Å². The number of rotatable bonds is 1. The SMILES string of the molecule is C[Si](C)(C)c1c[c]c(Cl)s1. The second-order valence-corrected chi connectivity index (χ2v) is 10.3. The minimum absolute atomic E-state index is 0.789. The Morgan fingerprint density at radius 2 is 2.10 bits per heavy atom. The first-order valence-corrected chi connectivity index (χ1v) is 7.87. The Hall–Kier alpha value is 0.207. The van der Waals surface area contributed by atoms with E-state index in [0.29, 0.717) is 0 Å². The largest absolute Gasteiger partial charge is 0.133 e. The maximum atomic E-state index is 5.75. The zero-order valence-corrected chi connectivity index (χ0v) is 8.94. The van der Waals surface area contributed by atoms with Crippen LogP contribution in [0.25, 0.3) is 0 Å². The molecule has 3 heteroatoms. The standard InChI is InChI=1S/C7H10ClSSi/c1-10(2,3)7-5-4-6(8)9-7/h5H,1-3H3. The highest BCUT2D eigenvalue weighted by molar-refractivity contribution is 7.28. The summed E-state index contributed by atoms with van der Waals surface area (Å²) in [7, 11) is -1.11. The van der Waals surface area contributed by atoms with Crippen molar-refractivity contribution in [3.05, 3.63) is 16.5 Å². The first kappa shape index (κ1) is 8.30. The number of hydrogen-bond donors (Lipinski definition) is 0. The summed E-state index contributed by atoms with van der Waals surface area (Å²) in [6, 6.07) is 5.02. The van der Waals surface area contributed by atoms with E-state index >= 15 is 0 Å². The molecule has 0 amide bonds. The van der Waals surface area contributed by atoms with Crippen LogP contribution in [-0.4, -0.2) is 8.07 Å². The van der Waals surface area contributed by atoms with Crippen LogP contribution in [0, 0.1) is 6.07 Å². The van der Waals surface area contributed by atoms with Gasteiger partial charge in [-0.25, -0.2) is 0 Å². The Morgan fingerprint density at radius 3 is 2.30 bits per heavy atom. The van der Waals surface area contributed by atoms with E-state index in [4.69, 9.17) is 11.6 Å². The predicted octanol–water partition coefficient (Wildman–Crippen LogP) is 2.75. The zero-order valence-electron chi connectivity index (χ0n) is 6.36. The Bertz CT molecular complexity index is 224. The molecule has 1 rings (SSSR count). The highest BCUT2D eigenvalue weighted by Crippen LogP contribution is 2.16. The third-order valence-corrected chi connectivity index (χ3v) is 6.00. The van der Waals surface area contributed by atoms with Crippen molar-refractivity contribution < 1.29 is 0 Å². The van der Waals surface area contributed by atoms with Crippen LogP contribution in [0.3, 0.4) is 0 Å². The molecule has 0 aliphatic heterocycles. The van der Waals surface area contributed by atoms with E-state index in [2.05, 4.69) is 25.7 Å². The van der Waals surface area contributed by atoms with Gasteiger partial charge in [0.05, 0.1) is 8.07 Å². The third kappa shape index (κ3) is 1.84. The van der Waals surface area contributed by atoms with E-state index in [0.717, 1.165) is 4.34 Å². The van der Waals surface area contributed by atoms with Gasteiger partial charge >= 0.3 is 0 Å². The average Bonchev–Trinajstić information content (AvgIpc) is 2.11. The number of hydrogen-bond acceptors (Lipinski definition) is 1. The summed E-state index contributed by atoms with van der Waals surface area (Å²) in [4.78, 5) is 0. The van der Waals surface area contributed by atoms with Gasteiger partial charge in [-0.3, -0.25) is 0 Å². The van der Waals surface area contributed by atoms with Crippen LogP contribution >= 0.6 is 22.9 Å². The molecule has 0 spiro atoms. The molecular formula is C7H10ClSSi. The van der Waals surface area contributed by atoms with Crippen LogP contribution in [0.4, 0.5) is 0 Å². The summed E-state index contributed by atoms with van der Waals surface area (Å²) < 4.78 is 2.22. The lowest BCUT2D eigenvalue weighted by atomic mass is 10.7. The highest BCUT2D eigenvalue weighted by Gasteiger charge is 2.17. The van der Waals surface area contributed by atoms with Crippen molar-refractivity contribution in [1.29, 1.82) is 0 Å². The van der Waals surface area contributed by atoms with Gasteiger partial charge in [0, 0.05) is 6.07 Å². The molecule has 0 bridgehead atoms. The first-order chi connectivity index (χ1) is 4.50. The summed E-state index contributed by atoms with van der Waals surface area (Å²) in [5.41, 5.74) is 0. The predicted molar refractivity (Wildman–Crippen MR) is 51.1 cm³/mol. The molecule has 0 N–H and O–H groups in total. The molecule has 10 heavy (non-hydrogen) atoms. The van der Waals surface area contributed by atoms with E-state index < -0.39 is 8.07 Å². The maximum absolute atomic E-state index is 5.75. The van der Waals surface area contributed by atoms with Crippen LogP contribution in [0.15, 0.2) is 6.07 Å². The van der Waals surface area contributed by atoms with Gasteiger partial charge in [-0.15, -0.1) is 11.3 Å². The van der Waals surface area contributed by atoms with Crippen LogP contribution < -0.4 is 4.50 Å². The third-order valence-electron chi connectivity index (χ3n) is 1.26. The van der Waals surface area contributed by atoms with Crippen molar-refractivity contribution in [2.24, 2.45) is 0 Å². The van der Waals surface area contributed by atoms with Gasteiger partial charge in [0.1, 0.15) is 4.34 Å². The first-order valence-electron chi connectivity index (χ1n) is 3.17. The fourth-order valence-electron chi connectivity index (χ4n) is 0.647. The van der Waals surface area contributed by atoms with E-state index in [-0.39, 0.29) is 0 Å². The lowest BCUT2D eigenvalue weighted by Crippen LogP contribution is -2.34. The molecule has 1 aromatic heterocycles. The van der Waals surface area contributed by atoms with Crippen molar-refractivity contribution in [3.63, 3.8) is 0 Å². The van der Waals surface area contributed by atoms with E-state index in [9.17, 15) is 0 Å². The summed E-state index contributed by atoms with van der Waals surface area (Å²) in [5.74, 6) is 0. The summed E-state index contributed by atoms with van der Waals surface area (Å²) >= 11 is 7.42. The minimum atomic E-state index is -1.11. The van der Waals surface area contributed by atoms with E-state index in [1.54, 1.807) is 11.3 Å². The summed E-state index contributed by atoms with van der Waals surface area (Å²) in [6.07, 6.45) is 0. The van der Waals surface area contributed by atoms with Gasteiger partial charge in [-0.05, 0) is 10.6 Å². The van der Waals surface area contributed by atoms with Crippen molar-refractivity contribution in [2.45, 2.75) is 19.6 Å². The molecule has 0 nitrogen and oxygen atoms in total. The summed E-state index contributed by atoms with van der Waals surface area (Å²) in [6.45, 7) is 6.93. The van der Waals surface area contributed by atoms with Crippen molar-refractivity contribution >= 4 is 35.5 Å². The monoisotopic (exact) mass is 189 g/mol. The molecule has 0 saturated carbocycles. The summed E-state index contributed by atoms with van der Waals surface area (Å²) in [5, 5.41) is 0. The molecule has 55 valence electrons. The highest BCUT2D eigenvalue weighted by atomic mass is 35.5. The molecule has 1 aromatic rings. The van der Waals surface area contributed by atoms with Crippen molar-refractivity contribution in [2.75, 3.05) is 0 Å². The van der Waals surface area contributed by atoms with Gasteiger partial charge in [0.25, 0.3) is 0 Å². The molecular weight excluding hydrogens is 180 g/mol. The number of halogens is 1. The maximum Gasteiger partial charge on any atom is 0.101 e. The molecule has 0 fully saturated rings. The Labute approximate surface area is 71.9 Å². The normalized spacial score (nSPS) is 12.0. The second kappa shape index (κ2) is 2.68. The molecule has 0 aliphatic rings. The Kier molecular flexibility index (Phi) is 2.23.